The number of likely N-dealkylation sites (tertiary alicyclic amines) is 1. The summed E-state index contributed by atoms with van der Waals surface area (Å²) < 4.78 is 39.5. The standard InChI is InChI=1S/C20H22F3N3O2/c21-17-8-15(9-18(22)19(17)23)25-20(28)24-10-13-4-1-2-5-14(13)11-26-7-3-6-16(26)12-27/h1-2,4-5,8-9,16,27H,3,6-7,10-12H2,(H2,24,25,28). The van der Waals surface area contributed by atoms with Gasteiger partial charge in [0.15, 0.2) is 17.5 Å². The molecule has 1 aliphatic rings. The monoisotopic (exact) mass is 393 g/mol. The first-order valence-corrected chi connectivity index (χ1v) is 9.09. The maximum absolute atomic E-state index is 13.2. The number of rotatable bonds is 6. The van der Waals surface area contributed by atoms with E-state index in [1.54, 1.807) is 0 Å². The van der Waals surface area contributed by atoms with Crippen molar-refractivity contribution in [1.82, 2.24) is 10.2 Å². The van der Waals surface area contributed by atoms with Crippen molar-refractivity contribution in [3.8, 4) is 0 Å². The summed E-state index contributed by atoms with van der Waals surface area (Å²) in [5.41, 5.74) is 1.75. The summed E-state index contributed by atoms with van der Waals surface area (Å²) in [4.78, 5) is 14.3. The topological polar surface area (TPSA) is 64.6 Å². The number of aliphatic hydroxyl groups excluding tert-OH is 1. The largest absolute Gasteiger partial charge is 0.395 e. The Morgan fingerprint density at radius 2 is 1.82 bits per heavy atom. The molecule has 1 aliphatic heterocycles. The lowest BCUT2D eigenvalue weighted by Crippen LogP contribution is -2.33. The van der Waals surface area contributed by atoms with Crippen LogP contribution in [0.1, 0.15) is 24.0 Å². The van der Waals surface area contributed by atoms with E-state index in [0.717, 1.165) is 30.5 Å². The first-order chi connectivity index (χ1) is 13.5. The van der Waals surface area contributed by atoms with Crippen LogP contribution in [0.2, 0.25) is 0 Å². The molecule has 0 saturated carbocycles. The molecule has 150 valence electrons. The van der Waals surface area contributed by atoms with Gasteiger partial charge >= 0.3 is 6.03 Å². The number of anilines is 1. The molecule has 2 amide bonds. The Kier molecular flexibility index (Phi) is 6.53. The molecule has 1 saturated heterocycles. The Balaban J connectivity index is 1.61. The molecule has 0 aliphatic carbocycles. The first-order valence-electron chi connectivity index (χ1n) is 9.09. The number of benzene rings is 2. The Labute approximate surface area is 161 Å². The number of amides is 2. The highest BCUT2D eigenvalue weighted by Gasteiger charge is 2.24. The lowest BCUT2D eigenvalue weighted by molar-refractivity contribution is 0.153. The zero-order chi connectivity index (χ0) is 20.1. The van der Waals surface area contributed by atoms with Crippen LogP contribution in [0.3, 0.4) is 0 Å². The van der Waals surface area contributed by atoms with Crippen LogP contribution in [0.4, 0.5) is 23.7 Å². The number of urea groups is 1. The van der Waals surface area contributed by atoms with Crippen molar-refractivity contribution in [2.45, 2.75) is 32.0 Å². The van der Waals surface area contributed by atoms with Crippen molar-refractivity contribution in [3.63, 3.8) is 0 Å². The van der Waals surface area contributed by atoms with Gasteiger partial charge in [-0.2, -0.15) is 0 Å². The van der Waals surface area contributed by atoms with Gasteiger partial charge in [0.2, 0.25) is 0 Å². The molecule has 1 unspecified atom stereocenters. The highest BCUT2D eigenvalue weighted by Crippen LogP contribution is 2.21. The Morgan fingerprint density at radius 1 is 1.14 bits per heavy atom. The molecule has 2 aromatic rings. The Morgan fingerprint density at radius 3 is 2.50 bits per heavy atom. The number of hydrogen-bond acceptors (Lipinski definition) is 3. The highest BCUT2D eigenvalue weighted by molar-refractivity contribution is 5.89. The van der Waals surface area contributed by atoms with Crippen LogP contribution in [0.15, 0.2) is 36.4 Å². The van der Waals surface area contributed by atoms with Gasteiger partial charge in [-0.05, 0) is 30.5 Å². The third-order valence-corrected chi connectivity index (χ3v) is 4.88. The highest BCUT2D eigenvalue weighted by atomic mass is 19.2. The molecule has 2 aromatic carbocycles. The second-order valence-electron chi connectivity index (χ2n) is 6.78. The van der Waals surface area contributed by atoms with Crippen LogP contribution in [0.25, 0.3) is 0 Å². The van der Waals surface area contributed by atoms with Gasteiger partial charge in [0, 0.05) is 37.0 Å². The predicted molar refractivity (Wildman–Crippen MR) is 99.1 cm³/mol. The second kappa shape index (κ2) is 9.07. The minimum atomic E-state index is -1.58. The molecule has 3 rings (SSSR count). The fourth-order valence-electron chi connectivity index (χ4n) is 3.39. The molecule has 8 heteroatoms. The van der Waals surface area contributed by atoms with Gasteiger partial charge in [0.25, 0.3) is 0 Å². The number of nitrogens with one attached hydrogen (secondary N) is 2. The third-order valence-electron chi connectivity index (χ3n) is 4.88. The molecule has 0 bridgehead atoms. The summed E-state index contributed by atoms with van der Waals surface area (Å²) in [5.74, 6) is -4.32. The zero-order valence-electron chi connectivity index (χ0n) is 15.2. The van der Waals surface area contributed by atoms with Gasteiger partial charge < -0.3 is 15.7 Å². The van der Waals surface area contributed by atoms with E-state index in [4.69, 9.17) is 0 Å². The minimum Gasteiger partial charge on any atom is -0.395 e. The number of hydrogen-bond donors (Lipinski definition) is 3. The van der Waals surface area contributed by atoms with E-state index in [-0.39, 0.29) is 24.9 Å². The maximum Gasteiger partial charge on any atom is 0.319 e. The lowest BCUT2D eigenvalue weighted by Gasteiger charge is -2.24. The number of halogens is 3. The maximum atomic E-state index is 13.2. The molecule has 1 fully saturated rings. The van der Waals surface area contributed by atoms with E-state index < -0.39 is 23.5 Å². The fourth-order valence-corrected chi connectivity index (χ4v) is 3.39. The summed E-state index contributed by atoms with van der Waals surface area (Å²) in [6, 6.07) is 8.54. The van der Waals surface area contributed by atoms with Crippen molar-refractivity contribution in [1.29, 1.82) is 0 Å². The van der Waals surface area contributed by atoms with Crippen molar-refractivity contribution >= 4 is 11.7 Å². The Bertz CT molecular complexity index is 824. The molecule has 0 spiro atoms. The van der Waals surface area contributed by atoms with Crippen LogP contribution in [0, 0.1) is 17.5 Å². The van der Waals surface area contributed by atoms with Crippen molar-refractivity contribution in [2.24, 2.45) is 0 Å². The van der Waals surface area contributed by atoms with Crippen LogP contribution < -0.4 is 10.6 Å². The fraction of sp³-hybridized carbons (Fsp3) is 0.350. The Hall–Kier alpha value is -2.58. The van der Waals surface area contributed by atoms with Gasteiger partial charge in [0.05, 0.1) is 6.61 Å². The van der Waals surface area contributed by atoms with E-state index >= 15 is 0 Å². The molecule has 3 N–H and O–H groups in total. The number of carbonyl (C=O) groups excluding carboxylic acids is 1. The summed E-state index contributed by atoms with van der Waals surface area (Å²) in [5, 5.41) is 14.4. The number of carbonyl (C=O) groups is 1. The summed E-state index contributed by atoms with van der Waals surface area (Å²) in [7, 11) is 0. The molecule has 0 radical (unpaired) electrons. The van der Waals surface area contributed by atoms with Gasteiger partial charge in [-0.3, -0.25) is 4.90 Å². The third kappa shape index (κ3) is 4.82. The van der Waals surface area contributed by atoms with Crippen LogP contribution >= 0.6 is 0 Å². The quantitative estimate of drug-likeness (QED) is 0.660. The first kappa shape index (κ1) is 20.2. The van der Waals surface area contributed by atoms with Crippen LogP contribution in [-0.2, 0) is 13.1 Å². The summed E-state index contributed by atoms with van der Waals surface area (Å²) in [6.45, 7) is 1.91. The van der Waals surface area contributed by atoms with Crippen LogP contribution in [0.5, 0.6) is 0 Å². The summed E-state index contributed by atoms with van der Waals surface area (Å²) in [6.07, 6.45) is 2.00. The molecular formula is C20H22F3N3O2. The van der Waals surface area contributed by atoms with E-state index in [9.17, 15) is 23.1 Å². The molecule has 1 atom stereocenters. The van der Waals surface area contributed by atoms with E-state index in [1.807, 2.05) is 24.3 Å². The zero-order valence-corrected chi connectivity index (χ0v) is 15.2. The number of aliphatic hydroxyl groups is 1. The minimum absolute atomic E-state index is 0.119. The van der Waals surface area contributed by atoms with Gasteiger partial charge in [-0.15, -0.1) is 0 Å². The van der Waals surface area contributed by atoms with Crippen molar-refractivity contribution < 1.29 is 23.1 Å². The molecular weight excluding hydrogens is 371 g/mol. The lowest BCUT2D eigenvalue weighted by atomic mass is 10.1. The predicted octanol–water partition coefficient (Wildman–Crippen LogP) is 3.38. The SMILES string of the molecule is O=C(NCc1ccccc1CN1CCCC1CO)Nc1cc(F)c(F)c(F)c1. The average molecular weight is 393 g/mol. The van der Waals surface area contributed by atoms with E-state index in [1.165, 1.54) is 0 Å². The van der Waals surface area contributed by atoms with Gasteiger partial charge in [-0.25, -0.2) is 18.0 Å². The molecule has 5 nitrogen and oxygen atoms in total. The molecule has 28 heavy (non-hydrogen) atoms. The van der Waals surface area contributed by atoms with Crippen LogP contribution in [-0.4, -0.2) is 35.2 Å². The smallest absolute Gasteiger partial charge is 0.319 e. The van der Waals surface area contributed by atoms with E-state index in [0.29, 0.717) is 18.7 Å². The number of nitrogens with zero attached hydrogens (tertiary/aromatic N) is 1. The van der Waals surface area contributed by atoms with E-state index in [2.05, 4.69) is 15.5 Å². The van der Waals surface area contributed by atoms with Crippen molar-refractivity contribution in [3.05, 3.63) is 65.0 Å². The van der Waals surface area contributed by atoms with Gasteiger partial charge in [0.1, 0.15) is 0 Å². The molecule has 1 heterocycles. The second-order valence-corrected chi connectivity index (χ2v) is 6.78. The molecule has 0 aromatic heterocycles. The average Bonchev–Trinajstić information content (AvgIpc) is 3.12. The van der Waals surface area contributed by atoms with Crippen molar-refractivity contribution in [2.75, 3.05) is 18.5 Å². The van der Waals surface area contributed by atoms with Gasteiger partial charge in [-0.1, -0.05) is 24.3 Å². The normalized spacial score (nSPS) is 16.9. The summed E-state index contributed by atoms with van der Waals surface area (Å²) >= 11 is 0.